The summed E-state index contributed by atoms with van der Waals surface area (Å²) in [6.45, 7) is 15.8. The number of nitrogens with zero attached hydrogens (tertiary/aromatic N) is 1. The van der Waals surface area contributed by atoms with Crippen LogP contribution in [0.15, 0.2) is 0 Å². The first kappa shape index (κ1) is 20.8. The molecule has 0 fully saturated rings. The van der Waals surface area contributed by atoms with Crippen molar-refractivity contribution in [3.63, 3.8) is 0 Å². The second-order valence-corrected chi connectivity index (χ2v) is 6.60. The Hall–Kier alpha value is -0.160. The predicted octanol–water partition coefficient (Wildman–Crippen LogP) is 2.06. The number of nitrogens with one attached hydrogen (secondary N) is 3. The van der Waals surface area contributed by atoms with Crippen molar-refractivity contribution in [2.45, 2.75) is 65.5 Å². The fourth-order valence-corrected chi connectivity index (χ4v) is 2.07. The summed E-state index contributed by atoms with van der Waals surface area (Å²) < 4.78 is 0. The van der Waals surface area contributed by atoms with E-state index in [0.717, 1.165) is 32.7 Å². The minimum Gasteiger partial charge on any atom is -0.317 e. The molecule has 0 bridgehead atoms. The van der Waals surface area contributed by atoms with E-state index in [1.165, 1.54) is 32.2 Å². The third-order valence-electron chi connectivity index (χ3n) is 3.79. The molecule has 0 spiro atoms. The lowest BCUT2D eigenvalue weighted by molar-refractivity contribution is 0.269. The Labute approximate surface area is 133 Å². The fraction of sp³-hybridized carbons (Fsp3) is 1.00. The third-order valence-corrected chi connectivity index (χ3v) is 3.79. The maximum absolute atomic E-state index is 3.54. The van der Waals surface area contributed by atoms with Crippen LogP contribution in [0.5, 0.6) is 0 Å². The monoisotopic (exact) mass is 300 g/mol. The summed E-state index contributed by atoms with van der Waals surface area (Å²) >= 11 is 0. The minimum absolute atomic E-state index is 0.608. The molecule has 0 aliphatic rings. The van der Waals surface area contributed by atoms with E-state index in [1.54, 1.807) is 0 Å². The Bertz CT molecular complexity index is 207. The van der Waals surface area contributed by atoms with Gasteiger partial charge in [-0.3, -0.25) is 0 Å². The lowest BCUT2D eigenvalue weighted by atomic mass is 10.3. The van der Waals surface area contributed by atoms with Crippen molar-refractivity contribution < 1.29 is 0 Å². The van der Waals surface area contributed by atoms with Gasteiger partial charge in [0.25, 0.3) is 0 Å². The summed E-state index contributed by atoms with van der Waals surface area (Å²) in [5.41, 5.74) is 0. The quantitative estimate of drug-likeness (QED) is 0.405. The number of rotatable bonds is 15. The highest BCUT2D eigenvalue weighted by molar-refractivity contribution is 4.59. The average Bonchev–Trinajstić information content (AvgIpc) is 2.43. The van der Waals surface area contributed by atoms with E-state index in [1.807, 2.05) is 0 Å². The van der Waals surface area contributed by atoms with Gasteiger partial charge in [-0.15, -0.1) is 0 Å². The van der Waals surface area contributed by atoms with E-state index in [-0.39, 0.29) is 0 Å². The normalized spacial score (nSPS) is 12.0. The largest absolute Gasteiger partial charge is 0.317 e. The van der Waals surface area contributed by atoms with Crippen molar-refractivity contribution in [1.29, 1.82) is 0 Å². The molecule has 0 amide bonds. The topological polar surface area (TPSA) is 39.3 Å². The van der Waals surface area contributed by atoms with Crippen molar-refractivity contribution in [1.82, 2.24) is 20.9 Å². The molecule has 0 saturated carbocycles. The number of hydrogen-bond acceptors (Lipinski definition) is 4. The molecule has 0 aliphatic heterocycles. The van der Waals surface area contributed by atoms with Crippen LogP contribution in [0.25, 0.3) is 0 Å². The van der Waals surface area contributed by atoms with Crippen LogP contribution in [0.1, 0.15) is 53.4 Å². The Morgan fingerprint density at radius 1 is 0.714 bits per heavy atom. The zero-order valence-electron chi connectivity index (χ0n) is 15.2. The Morgan fingerprint density at radius 2 is 1.24 bits per heavy atom. The maximum atomic E-state index is 3.54. The Kier molecular flexibility index (Phi) is 14.7. The molecule has 0 unspecified atom stereocenters. The van der Waals surface area contributed by atoms with E-state index in [2.05, 4.69) is 55.6 Å². The van der Waals surface area contributed by atoms with E-state index < -0.39 is 0 Å². The van der Waals surface area contributed by atoms with Gasteiger partial charge in [0.15, 0.2) is 0 Å². The molecule has 4 heteroatoms. The molecule has 0 aromatic heterocycles. The molecule has 0 radical (unpaired) electrons. The van der Waals surface area contributed by atoms with Crippen LogP contribution in [-0.2, 0) is 0 Å². The number of unbranched alkanes of at least 4 members (excludes halogenated alkanes) is 1. The number of hydrogen-bond donors (Lipinski definition) is 3. The van der Waals surface area contributed by atoms with Crippen molar-refractivity contribution in [3.8, 4) is 0 Å². The summed E-state index contributed by atoms with van der Waals surface area (Å²) in [5.74, 6) is 0. The molecule has 0 aliphatic carbocycles. The molecule has 0 aromatic rings. The van der Waals surface area contributed by atoms with Gasteiger partial charge in [-0.05, 0) is 85.8 Å². The molecule has 3 N–H and O–H groups in total. The molecule has 0 aromatic carbocycles. The van der Waals surface area contributed by atoms with Gasteiger partial charge in [-0.1, -0.05) is 13.8 Å². The molecular weight excluding hydrogens is 260 g/mol. The van der Waals surface area contributed by atoms with Gasteiger partial charge in [0, 0.05) is 12.1 Å². The standard InChI is InChI=1S/C17H40N4/c1-16(2)20-14-8-12-18-10-6-7-11-19-13-9-15-21(5)17(3)4/h16-20H,6-15H2,1-5H3. The maximum Gasteiger partial charge on any atom is 0.00355 e. The highest BCUT2D eigenvalue weighted by Crippen LogP contribution is 1.94. The predicted molar refractivity (Wildman–Crippen MR) is 95.1 cm³/mol. The van der Waals surface area contributed by atoms with Crippen molar-refractivity contribution in [2.24, 2.45) is 0 Å². The van der Waals surface area contributed by atoms with Crippen LogP contribution < -0.4 is 16.0 Å². The van der Waals surface area contributed by atoms with E-state index in [0.29, 0.717) is 12.1 Å². The van der Waals surface area contributed by atoms with Gasteiger partial charge < -0.3 is 20.9 Å². The van der Waals surface area contributed by atoms with Crippen LogP contribution in [0.2, 0.25) is 0 Å². The molecular formula is C17H40N4. The molecule has 0 saturated heterocycles. The Balaban J connectivity index is 3.06. The van der Waals surface area contributed by atoms with Gasteiger partial charge in [-0.2, -0.15) is 0 Å². The average molecular weight is 301 g/mol. The first-order chi connectivity index (χ1) is 10.0. The summed E-state index contributed by atoms with van der Waals surface area (Å²) in [5, 5.41) is 10.5. The van der Waals surface area contributed by atoms with Crippen LogP contribution in [0.3, 0.4) is 0 Å². The molecule has 128 valence electrons. The van der Waals surface area contributed by atoms with Gasteiger partial charge >= 0.3 is 0 Å². The van der Waals surface area contributed by atoms with E-state index in [9.17, 15) is 0 Å². The van der Waals surface area contributed by atoms with Crippen molar-refractivity contribution in [3.05, 3.63) is 0 Å². The highest BCUT2D eigenvalue weighted by atomic mass is 15.1. The smallest absolute Gasteiger partial charge is 0.00355 e. The van der Waals surface area contributed by atoms with Crippen LogP contribution >= 0.6 is 0 Å². The minimum atomic E-state index is 0.608. The molecule has 0 rings (SSSR count). The summed E-state index contributed by atoms with van der Waals surface area (Å²) in [4.78, 5) is 2.40. The second-order valence-electron chi connectivity index (χ2n) is 6.60. The van der Waals surface area contributed by atoms with E-state index >= 15 is 0 Å². The van der Waals surface area contributed by atoms with Crippen molar-refractivity contribution >= 4 is 0 Å². The van der Waals surface area contributed by atoms with Crippen molar-refractivity contribution in [2.75, 3.05) is 46.3 Å². The summed E-state index contributed by atoms with van der Waals surface area (Å²) in [6.07, 6.45) is 5.02. The second kappa shape index (κ2) is 14.8. The SMILES string of the molecule is CC(C)NCCCNCCCCNCCCN(C)C(C)C. The third kappa shape index (κ3) is 16.0. The molecule has 21 heavy (non-hydrogen) atoms. The van der Waals surface area contributed by atoms with Crippen LogP contribution in [0.4, 0.5) is 0 Å². The summed E-state index contributed by atoms with van der Waals surface area (Å²) in [7, 11) is 2.20. The van der Waals surface area contributed by atoms with Crippen LogP contribution in [-0.4, -0.2) is 63.3 Å². The summed E-state index contributed by atoms with van der Waals surface area (Å²) in [6, 6.07) is 1.27. The molecule has 4 nitrogen and oxygen atoms in total. The highest BCUT2D eigenvalue weighted by Gasteiger charge is 2.01. The van der Waals surface area contributed by atoms with Gasteiger partial charge in [0.1, 0.15) is 0 Å². The first-order valence-electron chi connectivity index (χ1n) is 8.89. The van der Waals surface area contributed by atoms with Gasteiger partial charge in [0.05, 0.1) is 0 Å². The first-order valence-corrected chi connectivity index (χ1v) is 8.89. The van der Waals surface area contributed by atoms with E-state index in [4.69, 9.17) is 0 Å². The molecule has 0 atom stereocenters. The van der Waals surface area contributed by atoms with Crippen LogP contribution in [0, 0.1) is 0 Å². The molecule has 0 heterocycles. The fourth-order valence-electron chi connectivity index (χ4n) is 2.07. The lowest BCUT2D eigenvalue weighted by Crippen LogP contribution is -2.30. The lowest BCUT2D eigenvalue weighted by Gasteiger charge is -2.20. The zero-order chi connectivity index (χ0) is 15.9. The zero-order valence-corrected chi connectivity index (χ0v) is 15.2. The van der Waals surface area contributed by atoms with Gasteiger partial charge in [0.2, 0.25) is 0 Å². The Morgan fingerprint density at radius 3 is 1.76 bits per heavy atom. The van der Waals surface area contributed by atoms with Gasteiger partial charge in [-0.25, -0.2) is 0 Å².